The molecule has 1 N–H and O–H groups in total. The molecule has 1 rings (SSSR count). The number of rotatable bonds is 4. The Kier molecular flexibility index (Phi) is 4.90. The number of nitrogens with zero attached hydrogens (tertiary/aromatic N) is 1. The first kappa shape index (κ1) is 12.0. The summed E-state index contributed by atoms with van der Waals surface area (Å²) in [7, 11) is 2.24. The summed E-state index contributed by atoms with van der Waals surface area (Å²) in [4.78, 5) is 2.47. The quantitative estimate of drug-likeness (QED) is 0.743. The molecule has 84 valence electrons. The summed E-state index contributed by atoms with van der Waals surface area (Å²) in [6.07, 6.45) is 2.69. The summed E-state index contributed by atoms with van der Waals surface area (Å²) in [6.45, 7) is 10.5. The van der Waals surface area contributed by atoms with E-state index in [1.165, 1.54) is 25.9 Å². The highest BCUT2D eigenvalue weighted by Gasteiger charge is 2.23. The van der Waals surface area contributed by atoms with Crippen molar-refractivity contribution in [2.24, 2.45) is 11.8 Å². The Balaban J connectivity index is 2.30. The fourth-order valence-corrected chi connectivity index (χ4v) is 2.29. The van der Waals surface area contributed by atoms with Gasteiger partial charge in [0.15, 0.2) is 0 Å². The average Bonchev–Trinajstić information content (AvgIpc) is 2.14. The summed E-state index contributed by atoms with van der Waals surface area (Å²) >= 11 is 0. The van der Waals surface area contributed by atoms with Gasteiger partial charge in [-0.2, -0.15) is 0 Å². The van der Waals surface area contributed by atoms with Crippen LogP contribution < -0.4 is 5.32 Å². The highest BCUT2D eigenvalue weighted by Crippen LogP contribution is 2.18. The van der Waals surface area contributed by atoms with Crippen molar-refractivity contribution in [1.29, 1.82) is 0 Å². The largest absolute Gasteiger partial charge is 0.312 e. The van der Waals surface area contributed by atoms with Crippen LogP contribution in [0.5, 0.6) is 0 Å². The van der Waals surface area contributed by atoms with E-state index in [9.17, 15) is 0 Å². The van der Waals surface area contributed by atoms with Gasteiger partial charge >= 0.3 is 0 Å². The lowest BCUT2D eigenvalue weighted by Gasteiger charge is -2.36. The second-order valence-electron chi connectivity index (χ2n) is 5.23. The zero-order valence-corrected chi connectivity index (χ0v) is 10.2. The molecule has 0 aromatic rings. The highest BCUT2D eigenvalue weighted by atomic mass is 15.1. The normalized spacial score (nSPS) is 29.8. The summed E-state index contributed by atoms with van der Waals surface area (Å²) in [5.74, 6) is 1.67. The van der Waals surface area contributed by atoms with E-state index < -0.39 is 0 Å². The summed E-state index contributed by atoms with van der Waals surface area (Å²) in [5, 5.41) is 3.67. The molecular weight excluding hydrogens is 172 g/mol. The molecule has 1 fully saturated rings. The van der Waals surface area contributed by atoms with Gasteiger partial charge in [0.25, 0.3) is 0 Å². The van der Waals surface area contributed by atoms with Gasteiger partial charge in [-0.3, -0.25) is 0 Å². The second-order valence-corrected chi connectivity index (χ2v) is 5.23. The van der Waals surface area contributed by atoms with Crippen molar-refractivity contribution in [3.05, 3.63) is 0 Å². The monoisotopic (exact) mass is 198 g/mol. The van der Waals surface area contributed by atoms with Crippen LogP contribution in [0.15, 0.2) is 0 Å². The zero-order valence-electron chi connectivity index (χ0n) is 10.2. The molecule has 1 heterocycles. The van der Waals surface area contributed by atoms with Gasteiger partial charge in [-0.25, -0.2) is 0 Å². The Labute approximate surface area is 89.1 Å². The standard InChI is InChI=1S/C12H26N2/c1-5-11-6-12(9-14(4)8-11)13-7-10(2)3/h10-13H,5-9H2,1-4H3. The number of piperidine rings is 1. The van der Waals surface area contributed by atoms with Crippen molar-refractivity contribution >= 4 is 0 Å². The molecular formula is C12H26N2. The van der Waals surface area contributed by atoms with Crippen LogP contribution in [-0.2, 0) is 0 Å². The highest BCUT2D eigenvalue weighted by molar-refractivity contribution is 4.81. The summed E-state index contributed by atoms with van der Waals surface area (Å²) in [5.41, 5.74) is 0. The van der Waals surface area contributed by atoms with Crippen molar-refractivity contribution in [2.45, 2.75) is 39.7 Å². The van der Waals surface area contributed by atoms with Crippen molar-refractivity contribution in [3.63, 3.8) is 0 Å². The van der Waals surface area contributed by atoms with Crippen molar-refractivity contribution < 1.29 is 0 Å². The Morgan fingerprint density at radius 2 is 2.07 bits per heavy atom. The van der Waals surface area contributed by atoms with Gasteiger partial charge in [0.1, 0.15) is 0 Å². The maximum atomic E-state index is 3.67. The van der Waals surface area contributed by atoms with Crippen LogP contribution in [0.2, 0.25) is 0 Å². The van der Waals surface area contributed by atoms with Crippen LogP contribution >= 0.6 is 0 Å². The fourth-order valence-electron chi connectivity index (χ4n) is 2.29. The molecule has 0 spiro atoms. The summed E-state index contributed by atoms with van der Waals surface area (Å²) < 4.78 is 0. The number of nitrogens with one attached hydrogen (secondary N) is 1. The maximum Gasteiger partial charge on any atom is 0.0198 e. The Hall–Kier alpha value is -0.0800. The lowest BCUT2D eigenvalue weighted by Crippen LogP contribution is -2.48. The number of likely N-dealkylation sites (N-methyl/N-ethyl adjacent to an activating group) is 1. The first-order valence-corrected chi connectivity index (χ1v) is 6.03. The van der Waals surface area contributed by atoms with E-state index in [0.717, 1.165) is 24.4 Å². The van der Waals surface area contributed by atoms with Gasteiger partial charge < -0.3 is 10.2 Å². The van der Waals surface area contributed by atoms with Gasteiger partial charge in [0, 0.05) is 19.1 Å². The molecule has 2 heteroatoms. The molecule has 14 heavy (non-hydrogen) atoms. The summed E-state index contributed by atoms with van der Waals surface area (Å²) in [6, 6.07) is 0.723. The van der Waals surface area contributed by atoms with Gasteiger partial charge in [-0.1, -0.05) is 27.2 Å². The van der Waals surface area contributed by atoms with Gasteiger partial charge in [-0.15, -0.1) is 0 Å². The first-order valence-electron chi connectivity index (χ1n) is 6.03. The van der Waals surface area contributed by atoms with E-state index in [1.807, 2.05) is 0 Å². The molecule has 0 radical (unpaired) electrons. The third-order valence-corrected chi connectivity index (χ3v) is 3.11. The third-order valence-electron chi connectivity index (χ3n) is 3.11. The van der Waals surface area contributed by atoms with Crippen LogP contribution in [0.25, 0.3) is 0 Å². The van der Waals surface area contributed by atoms with Crippen molar-refractivity contribution in [2.75, 3.05) is 26.7 Å². The third kappa shape index (κ3) is 3.97. The fraction of sp³-hybridized carbons (Fsp3) is 1.00. The predicted octanol–water partition coefficient (Wildman–Crippen LogP) is 1.96. The van der Waals surface area contributed by atoms with E-state index in [1.54, 1.807) is 0 Å². The Morgan fingerprint density at radius 1 is 1.36 bits per heavy atom. The molecule has 0 amide bonds. The molecule has 0 aromatic heterocycles. The van der Waals surface area contributed by atoms with Gasteiger partial charge in [0.2, 0.25) is 0 Å². The maximum absolute atomic E-state index is 3.67. The second kappa shape index (κ2) is 5.72. The van der Waals surface area contributed by atoms with E-state index in [-0.39, 0.29) is 0 Å². The SMILES string of the molecule is CCC1CC(NCC(C)C)CN(C)C1. The van der Waals surface area contributed by atoms with Crippen LogP contribution in [0.4, 0.5) is 0 Å². The minimum Gasteiger partial charge on any atom is -0.312 e. The van der Waals surface area contributed by atoms with Gasteiger partial charge in [-0.05, 0) is 31.8 Å². The van der Waals surface area contributed by atoms with E-state index in [4.69, 9.17) is 0 Å². The molecule has 0 aromatic carbocycles. The number of likely N-dealkylation sites (tertiary alicyclic amines) is 1. The average molecular weight is 198 g/mol. The van der Waals surface area contributed by atoms with Crippen LogP contribution in [-0.4, -0.2) is 37.6 Å². The van der Waals surface area contributed by atoms with Crippen molar-refractivity contribution in [3.8, 4) is 0 Å². The minimum absolute atomic E-state index is 0.723. The van der Waals surface area contributed by atoms with E-state index in [0.29, 0.717) is 0 Å². The minimum atomic E-state index is 0.723. The van der Waals surface area contributed by atoms with Crippen LogP contribution in [0.3, 0.4) is 0 Å². The zero-order chi connectivity index (χ0) is 10.6. The van der Waals surface area contributed by atoms with Crippen LogP contribution in [0, 0.1) is 11.8 Å². The molecule has 2 atom stereocenters. The number of hydrogen-bond acceptors (Lipinski definition) is 2. The molecule has 2 nitrogen and oxygen atoms in total. The lowest BCUT2D eigenvalue weighted by molar-refractivity contribution is 0.164. The van der Waals surface area contributed by atoms with Crippen molar-refractivity contribution in [1.82, 2.24) is 10.2 Å². The molecule has 0 saturated carbocycles. The molecule has 1 aliphatic heterocycles. The van der Waals surface area contributed by atoms with Crippen LogP contribution in [0.1, 0.15) is 33.6 Å². The van der Waals surface area contributed by atoms with Gasteiger partial charge in [0.05, 0.1) is 0 Å². The molecule has 1 saturated heterocycles. The van der Waals surface area contributed by atoms with E-state index >= 15 is 0 Å². The topological polar surface area (TPSA) is 15.3 Å². The number of hydrogen-bond donors (Lipinski definition) is 1. The molecule has 0 bridgehead atoms. The molecule has 2 unspecified atom stereocenters. The first-order chi connectivity index (χ1) is 6.61. The predicted molar refractivity (Wildman–Crippen MR) is 62.5 cm³/mol. The van der Waals surface area contributed by atoms with E-state index in [2.05, 4.69) is 38.0 Å². The molecule has 1 aliphatic rings. The Morgan fingerprint density at radius 3 is 2.64 bits per heavy atom. The Bertz CT molecular complexity index is 156. The lowest BCUT2D eigenvalue weighted by atomic mass is 9.92. The molecule has 0 aliphatic carbocycles. The smallest absolute Gasteiger partial charge is 0.0198 e.